The van der Waals surface area contributed by atoms with Gasteiger partial charge in [-0.2, -0.15) is 0 Å². The van der Waals surface area contributed by atoms with Crippen molar-refractivity contribution >= 4 is 11.8 Å². The molecule has 0 aromatic rings. The summed E-state index contributed by atoms with van der Waals surface area (Å²) in [7, 11) is 1.86. The van der Waals surface area contributed by atoms with Gasteiger partial charge in [0.2, 0.25) is 11.8 Å². The molecular formula is C16H30N2O2. The first kappa shape index (κ1) is 17.0. The summed E-state index contributed by atoms with van der Waals surface area (Å²) in [6.45, 7) is 8.47. The first-order chi connectivity index (χ1) is 9.51. The molecule has 0 N–H and O–H groups in total. The molecule has 0 aromatic heterocycles. The van der Waals surface area contributed by atoms with Crippen molar-refractivity contribution in [2.75, 3.05) is 26.7 Å². The molecule has 1 rings (SSSR count). The SMILES string of the molecule is CCCN(CCCN(C)C(=O)C(C)CC)C(=O)C1CC1. The van der Waals surface area contributed by atoms with Crippen molar-refractivity contribution in [3.8, 4) is 0 Å². The molecule has 1 atom stereocenters. The van der Waals surface area contributed by atoms with Gasteiger partial charge < -0.3 is 9.80 Å². The van der Waals surface area contributed by atoms with Crippen molar-refractivity contribution in [2.24, 2.45) is 11.8 Å². The van der Waals surface area contributed by atoms with E-state index in [1.807, 2.05) is 25.8 Å². The highest BCUT2D eigenvalue weighted by molar-refractivity contribution is 5.81. The fraction of sp³-hybridized carbons (Fsp3) is 0.875. The summed E-state index contributed by atoms with van der Waals surface area (Å²) in [5.41, 5.74) is 0. The van der Waals surface area contributed by atoms with Crippen LogP contribution in [0.15, 0.2) is 0 Å². The van der Waals surface area contributed by atoms with Crippen LogP contribution in [0, 0.1) is 11.8 Å². The Bertz CT molecular complexity index is 326. The minimum Gasteiger partial charge on any atom is -0.345 e. The van der Waals surface area contributed by atoms with Crippen molar-refractivity contribution in [3.63, 3.8) is 0 Å². The van der Waals surface area contributed by atoms with Gasteiger partial charge in [0.1, 0.15) is 0 Å². The minimum absolute atomic E-state index is 0.0971. The second-order valence-electron chi connectivity index (χ2n) is 6.02. The molecular weight excluding hydrogens is 252 g/mol. The zero-order valence-electron chi connectivity index (χ0n) is 13.5. The molecule has 1 unspecified atom stereocenters. The summed E-state index contributed by atoms with van der Waals surface area (Å²) in [5.74, 6) is 0.923. The fourth-order valence-electron chi connectivity index (χ4n) is 2.35. The lowest BCUT2D eigenvalue weighted by atomic mass is 10.1. The second kappa shape index (κ2) is 8.28. The van der Waals surface area contributed by atoms with E-state index in [1.165, 1.54) is 0 Å². The van der Waals surface area contributed by atoms with E-state index in [-0.39, 0.29) is 11.8 Å². The number of carbonyl (C=O) groups excluding carboxylic acids is 2. The minimum atomic E-state index is 0.0971. The summed E-state index contributed by atoms with van der Waals surface area (Å²) in [6.07, 6.45) is 4.87. The Labute approximate surface area is 123 Å². The number of hydrogen-bond acceptors (Lipinski definition) is 2. The zero-order chi connectivity index (χ0) is 15.1. The van der Waals surface area contributed by atoms with Crippen LogP contribution in [-0.2, 0) is 9.59 Å². The topological polar surface area (TPSA) is 40.6 Å². The molecule has 1 fully saturated rings. The van der Waals surface area contributed by atoms with Gasteiger partial charge in [0.05, 0.1) is 0 Å². The maximum Gasteiger partial charge on any atom is 0.225 e. The van der Waals surface area contributed by atoms with Gasteiger partial charge in [0.15, 0.2) is 0 Å². The maximum atomic E-state index is 12.1. The van der Waals surface area contributed by atoms with Crippen molar-refractivity contribution in [1.29, 1.82) is 0 Å². The molecule has 0 spiro atoms. The van der Waals surface area contributed by atoms with E-state index in [0.29, 0.717) is 11.8 Å². The van der Waals surface area contributed by atoms with Crippen LogP contribution < -0.4 is 0 Å². The quantitative estimate of drug-likeness (QED) is 0.652. The van der Waals surface area contributed by atoms with Gasteiger partial charge in [-0.25, -0.2) is 0 Å². The highest BCUT2D eigenvalue weighted by Gasteiger charge is 2.32. The first-order valence-corrected chi connectivity index (χ1v) is 8.05. The molecule has 0 bridgehead atoms. The predicted octanol–water partition coefficient (Wildman–Crippen LogP) is 2.53. The van der Waals surface area contributed by atoms with Gasteiger partial charge in [-0.05, 0) is 32.1 Å². The van der Waals surface area contributed by atoms with Crippen molar-refractivity contribution in [3.05, 3.63) is 0 Å². The van der Waals surface area contributed by atoms with Crippen molar-refractivity contribution in [1.82, 2.24) is 9.80 Å². The van der Waals surface area contributed by atoms with Crippen molar-refractivity contribution < 1.29 is 9.59 Å². The zero-order valence-corrected chi connectivity index (χ0v) is 13.5. The van der Waals surface area contributed by atoms with E-state index in [9.17, 15) is 9.59 Å². The molecule has 0 heterocycles. The van der Waals surface area contributed by atoms with Crippen LogP contribution in [0.2, 0.25) is 0 Å². The number of nitrogens with zero attached hydrogens (tertiary/aromatic N) is 2. The molecule has 4 heteroatoms. The summed E-state index contributed by atoms with van der Waals surface area (Å²) in [6, 6.07) is 0. The maximum absolute atomic E-state index is 12.1. The molecule has 0 saturated heterocycles. The average Bonchev–Trinajstić information content (AvgIpc) is 3.28. The monoisotopic (exact) mass is 282 g/mol. The Balaban J connectivity index is 2.32. The summed E-state index contributed by atoms with van der Waals surface area (Å²) < 4.78 is 0. The third-order valence-electron chi connectivity index (χ3n) is 4.06. The molecule has 20 heavy (non-hydrogen) atoms. The number of amides is 2. The lowest BCUT2D eigenvalue weighted by Gasteiger charge is -2.25. The average molecular weight is 282 g/mol. The lowest BCUT2D eigenvalue weighted by molar-refractivity contribution is -0.134. The Hall–Kier alpha value is -1.06. The Morgan fingerprint density at radius 1 is 1.15 bits per heavy atom. The normalized spacial score (nSPS) is 15.8. The molecule has 1 aliphatic rings. The van der Waals surface area contributed by atoms with Crippen LogP contribution in [0.4, 0.5) is 0 Å². The van der Waals surface area contributed by atoms with Gasteiger partial charge >= 0.3 is 0 Å². The highest BCUT2D eigenvalue weighted by Crippen LogP contribution is 2.31. The third-order valence-corrected chi connectivity index (χ3v) is 4.06. The number of carbonyl (C=O) groups is 2. The first-order valence-electron chi connectivity index (χ1n) is 8.05. The highest BCUT2D eigenvalue weighted by atomic mass is 16.2. The van der Waals surface area contributed by atoms with Crippen LogP contribution in [0.1, 0.15) is 52.9 Å². The standard InChI is InChI=1S/C16H30N2O2/c1-5-10-18(16(20)14-8-9-14)12-7-11-17(4)15(19)13(3)6-2/h13-14H,5-12H2,1-4H3. The van der Waals surface area contributed by atoms with Gasteiger partial charge in [0, 0.05) is 38.5 Å². The van der Waals surface area contributed by atoms with Crippen LogP contribution in [0.5, 0.6) is 0 Å². The molecule has 2 amide bonds. The lowest BCUT2D eigenvalue weighted by Crippen LogP contribution is -2.37. The van der Waals surface area contributed by atoms with Gasteiger partial charge in [0.25, 0.3) is 0 Å². The van der Waals surface area contributed by atoms with Crippen LogP contribution in [-0.4, -0.2) is 48.3 Å². The Morgan fingerprint density at radius 3 is 2.30 bits per heavy atom. The van der Waals surface area contributed by atoms with E-state index in [4.69, 9.17) is 0 Å². The fourth-order valence-corrected chi connectivity index (χ4v) is 2.35. The Morgan fingerprint density at radius 2 is 1.80 bits per heavy atom. The molecule has 1 aliphatic carbocycles. The van der Waals surface area contributed by atoms with E-state index >= 15 is 0 Å². The molecule has 0 aromatic carbocycles. The summed E-state index contributed by atoms with van der Waals surface area (Å²) >= 11 is 0. The second-order valence-corrected chi connectivity index (χ2v) is 6.02. The molecule has 1 saturated carbocycles. The molecule has 0 radical (unpaired) electrons. The largest absolute Gasteiger partial charge is 0.345 e. The van der Waals surface area contributed by atoms with E-state index in [2.05, 4.69) is 6.92 Å². The Kier molecular flexibility index (Phi) is 7.03. The number of rotatable bonds is 9. The van der Waals surface area contributed by atoms with Gasteiger partial charge in [-0.1, -0.05) is 20.8 Å². The molecule has 4 nitrogen and oxygen atoms in total. The van der Waals surface area contributed by atoms with E-state index < -0.39 is 0 Å². The smallest absolute Gasteiger partial charge is 0.225 e. The van der Waals surface area contributed by atoms with Gasteiger partial charge in [-0.3, -0.25) is 9.59 Å². The van der Waals surface area contributed by atoms with Gasteiger partial charge in [-0.15, -0.1) is 0 Å². The molecule has 116 valence electrons. The van der Waals surface area contributed by atoms with Crippen LogP contribution >= 0.6 is 0 Å². The summed E-state index contributed by atoms with van der Waals surface area (Å²) in [4.78, 5) is 27.9. The van der Waals surface area contributed by atoms with Crippen LogP contribution in [0.25, 0.3) is 0 Å². The predicted molar refractivity (Wildman–Crippen MR) is 81.3 cm³/mol. The van der Waals surface area contributed by atoms with Crippen molar-refractivity contribution in [2.45, 2.75) is 52.9 Å². The summed E-state index contributed by atoms with van der Waals surface area (Å²) in [5, 5.41) is 0. The number of hydrogen-bond donors (Lipinski definition) is 0. The van der Waals surface area contributed by atoms with E-state index in [1.54, 1.807) is 4.90 Å². The molecule has 0 aliphatic heterocycles. The van der Waals surface area contributed by atoms with Crippen LogP contribution in [0.3, 0.4) is 0 Å². The third kappa shape index (κ3) is 5.14. The van der Waals surface area contributed by atoms with E-state index in [0.717, 1.165) is 51.7 Å².